The summed E-state index contributed by atoms with van der Waals surface area (Å²) in [5, 5.41) is 14.2. The lowest BCUT2D eigenvalue weighted by molar-refractivity contribution is -0.105. The molecule has 0 aliphatic heterocycles. The number of aromatic carboxylic acids is 1. The van der Waals surface area contributed by atoms with Gasteiger partial charge in [-0.1, -0.05) is 62.4 Å². The average Bonchev–Trinajstić information content (AvgIpc) is 2.84. The zero-order valence-corrected chi connectivity index (χ0v) is 19.0. The van der Waals surface area contributed by atoms with Crippen LogP contribution in [-0.2, 0) is 10.2 Å². The zero-order chi connectivity index (χ0) is 23.9. The first-order valence-electron chi connectivity index (χ1n) is 11.1. The van der Waals surface area contributed by atoms with Crippen LogP contribution in [0.4, 0.5) is 5.69 Å². The third-order valence-electron chi connectivity index (χ3n) is 6.61. The number of hydrogen-bond donors (Lipinski definition) is 2. The van der Waals surface area contributed by atoms with Crippen molar-refractivity contribution in [2.24, 2.45) is 0 Å². The number of amides is 1. The molecule has 5 nitrogen and oxygen atoms in total. The van der Waals surface area contributed by atoms with E-state index in [0.717, 1.165) is 45.0 Å². The quantitative estimate of drug-likeness (QED) is 0.352. The standard InChI is InChI=1S/C29H24N2O3/c1-29(2)12-11-22(25-16-30-15-20-5-3-4-6-21(20)25)24-13-18(8-10-26(24)29)19-7-9-23(28(33)34)27(14-19)31-17-32/h3-11,13-17H,12H2,1-2H3,(H,31,32)(H,33,34). The number of carboxylic acid groups (broad SMARTS) is 1. The van der Waals surface area contributed by atoms with E-state index in [-0.39, 0.29) is 16.7 Å². The van der Waals surface area contributed by atoms with Gasteiger partial charge in [-0.05, 0) is 63.2 Å². The van der Waals surface area contributed by atoms with Gasteiger partial charge in [0.05, 0.1) is 11.3 Å². The van der Waals surface area contributed by atoms with Crippen LogP contribution >= 0.6 is 0 Å². The van der Waals surface area contributed by atoms with Gasteiger partial charge in [-0.25, -0.2) is 4.79 Å². The van der Waals surface area contributed by atoms with Crippen LogP contribution in [0.2, 0.25) is 0 Å². The molecule has 0 bridgehead atoms. The fraction of sp³-hybridized carbons (Fsp3) is 0.138. The number of anilines is 1. The number of carbonyl (C=O) groups excluding carboxylic acids is 1. The molecule has 5 heteroatoms. The Balaban J connectivity index is 1.69. The SMILES string of the molecule is CC1(C)CC=C(c2cncc3ccccc23)c2cc(-c3ccc(C(=O)O)c(NC=O)c3)ccc21. The van der Waals surface area contributed by atoms with Crippen LogP contribution < -0.4 is 5.32 Å². The Morgan fingerprint density at radius 3 is 2.56 bits per heavy atom. The number of nitrogens with one attached hydrogen (secondary N) is 1. The van der Waals surface area contributed by atoms with Crippen molar-refractivity contribution in [2.45, 2.75) is 25.7 Å². The lowest BCUT2D eigenvalue weighted by Crippen LogP contribution is -2.22. The van der Waals surface area contributed by atoms with Crippen molar-refractivity contribution in [3.05, 3.63) is 101 Å². The van der Waals surface area contributed by atoms with Gasteiger partial charge in [0.1, 0.15) is 0 Å². The molecule has 1 aliphatic carbocycles. The van der Waals surface area contributed by atoms with Gasteiger partial charge in [0.15, 0.2) is 0 Å². The first-order chi connectivity index (χ1) is 16.4. The fourth-order valence-electron chi connectivity index (χ4n) is 4.79. The second kappa shape index (κ2) is 8.27. The van der Waals surface area contributed by atoms with Crippen LogP contribution in [0.25, 0.3) is 27.5 Å². The highest BCUT2D eigenvalue weighted by Gasteiger charge is 2.29. The largest absolute Gasteiger partial charge is 0.478 e. The monoisotopic (exact) mass is 448 g/mol. The minimum atomic E-state index is -1.09. The van der Waals surface area contributed by atoms with Crippen LogP contribution in [0.15, 0.2) is 79.1 Å². The third kappa shape index (κ3) is 3.65. The Morgan fingerprint density at radius 2 is 1.76 bits per heavy atom. The highest BCUT2D eigenvalue weighted by Crippen LogP contribution is 2.44. The number of fused-ring (bicyclic) bond motifs is 2. The summed E-state index contributed by atoms with van der Waals surface area (Å²) in [6.07, 6.45) is 7.52. The number of carboxylic acids is 1. The minimum absolute atomic E-state index is 0.0211. The summed E-state index contributed by atoms with van der Waals surface area (Å²) in [6.45, 7) is 4.49. The normalized spacial score (nSPS) is 14.2. The maximum Gasteiger partial charge on any atom is 0.337 e. The third-order valence-corrected chi connectivity index (χ3v) is 6.61. The molecule has 0 saturated carbocycles. The Bertz CT molecular complexity index is 1480. The van der Waals surface area contributed by atoms with E-state index in [1.807, 2.05) is 24.5 Å². The number of pyridine rings is 1. The number of rotatable bonds is 5. The molecule has 4 aromatic rings. The predicted molar refractivity (Wildman–Crippen MR) is 135 cm³/mol. The number of allylic oxidation sites excluding steroid dienone is 1. The van der Waals surface area contributed by atoms with Crippen molar-refractivity contribution in [3.63, 3.8) is 0 Å². The Hall–Kier alpha value is -4.25. The number of aromatic nitrogens is 1. The van der Waals surface area contributed by atoms with Crippen molar-refractivity contribution < 1.29 is 14.7 Å². The second-order valence-corrected chi connectivity index (χ2v) is 9.20. The minimum Gasteiger partial charge on any atom is -0.478 e. The van der Waals surface area contributed by atoms with Gasteiger partial charge in [-0.3, -0.25) is 9.78 Å². The molecule has 2 N–H and O–H groups in total. The lowest BCUT2D eigenvalue weighted by atomic mass is 9.71. The van der Waals surface area contributed by atoms with Crippen LogP contribution in [-0.4, -0.2) is 22.5 Å². The topological polar surface area (TPSA) is 79.3 Å². The van der Waals surface area contributed by atoms with Crippen LogP contribution in [0.3, 0.4) is 0 Å². The van der Waals surface area contributed by atoms with Crippen molar-refractivity contribution in [2.75, 3.05) is 5.32 Å². The van der Waals surface area contributed by atoms with E-state index in [4.69, 9.17) is 0 Å². The molecule has 0 fully saturated rings. The summed E-state index contributed by atoms with van der Waals surface area (Å²) in [5.41, 5.74) is 6.72. The van der Waals surface area contributed by atoms with Crippen LogP contribution in [0.1, 0.15) is 47.3 Å². The first kappa shape index (κ1) is 21.6. The number of hydrogen-bond acceptors (Lipinski definition) is 3. The van der Waals surface area contributed by atoms with Gasteiger partial charge in [0, 0.05) is 23.3 Å². The van der Waals surface area contributed by atoms with E-state index in [1.54, 1.807) is 12.1 Å². The molecule has 1 aromatic heterocycles. The molecule has 168 valence electrons. The zero-order valence-electron chi connectivity index (χ0n) is 19.0. The summed E-state index contributed by atoms with van der Waals surface area (Å²) >= 11 is 0. The van der Waals surface area contributed by atoms with Crippen molar-refractivity contribution in [1.82, 2.24) is 4.98 Å². The molecule has 5 rings (SSSR count). The highest BCUT2D eigenvalue weighted by atomic mass is 16.4. The van der Waals surface area contributed by atoms with Crippen LogP contribution in [0, 0.1) is 0 Å². The predicted octanol–water partition coefficient (Wildman–Crippen LogP) is 6.28. The number of carbonyl (C=O) groups is 2. The van der Waals surface area contributed by atoms with E-state index in [0.29, 0.717) is 6.41 Å². The summed E-state index contributed by atoms with van der Waals surface area (Å²) in [6, 6.07) is 19.6. The molecule has 0 spiro atoms. The average molecular weight is 449 g/mol. The Morgan fingerprint density at radius 1 is 1.00 bits per heavy atom. The molecule has 34 heavy (non-hydrogen) atoms. The molecule has 0 radical (unpaired) electrons. The van der Waals surface area contributed by atoms with E-state index < -0.39 is 5.97 Å². The molecule has 0 saturated heterocycles. The van der Waals surface area contributed by atoms with Crippen molar-refractivity contribution in [1.29, 1.82) is 0 Å². The number of benzene rings is 3. The smallest absolute Gasteiger partial charge is 0.337 e. The molecular formula is C29H24N2O3. The van der Waals surface area contributed by atoms with Gasteiger partial charge in [-0.2, -0.15) is 0 Å². The van der Waals surface area contributed by atoms with Crippen molar-refractivity contribution in [3.8, 4) is 11.1 Å². The highest BCUT2D eigenvalue weighted by molar-refractivity contribution is 6.00. The van der Waals surface area contributed by atoms with E-state index >= 15 is 0 Å². The van der Waals surface area contributed by atoms with Gasteiger partial charge >= 0.3 is 5.97 Å². The van der Waals surface area contributed by atoms with E-state index in [9.17, 15) is 14.7 Å². The first-order valence-corrected chi connectivity index (χ1v) is 11.1. The van der Waals surface area contributed by atoms with E-state index in [2.05, 4.69) is 60.6 Å². The summed E-state index contributed by atoms with van der Waals surface area (Å²) in [5.74, 6) is -1.09. The van der Waals surface area contributed by atoms with Gasteiger partial charge in [0.2, 0.25) is 6.41 Å². The fourth-order valence-corrected chi connectivity index (χ4v) is 4.79. The second-order valence-electron chi connectivity index (χ2n) is 9.20. The van der Waals surface area contributed by atoms with Gasteiger partial charge in [0.25, 0.3) is 0 Å². The molecule has 3 aromatic carbocycles. The summed E-state index contributed by atoms with van der Waals surface area (Å²) in [7, 11) is 0. The maximum atomic E-state index is 11.5. The number of nitrogens with zero attached hydrogens (tertiary/aromatic N) is 1. The van der Waals surface area contributed by atoms with E-state index in [1.165, 1.54) is 11.6 Å². The van der Waals surface area contributed by atoms with Crippen molar-refractivity contribution >= 4 is 34.4 Å². The maximum absolute atomic E-state index is 11.5. The van der Waals surface area contributed by atoms with Crippen LogP contribution in [0.5, 0.6) is 0 Å². The summed E-state index contributed by atoms with van der Waals surface area (Å²) < 4.78 is 0. The van der Waals surface area contributed by atoms with Gasteiger partial charge < -0.3 is 10.4 Å². The molecule has 0 atom stereocenters. The molecule has 1 amide bonds. The Labute approximate surface area is 197 Å². The molecular weight excluding hydrogens is 424 g/mol. The van der Waals surface area contributed by atoms with Gasteiger partial charge in [-0.15, -0.1) is 0 Å². The lowest BCUT2D eigenvalue weighted by Gasteiger charge is -2.33. The molecule has 0 unspecified atom stereocenters. The molecule has 1 heterocycles. The Kier molecular flexibility index (Phi) is 5.25. The summed E-state index contributed by atoms with van der Waals surface area (Å²) in [4.78, 5) is 27.1. The molecule has 1 aliphatic rings.